The molecule has 1 aromatic carbocycles. The number of anilines is 1. The first-order valence-electron chi connectivity index (χ1n) is 5.74. The second kappa shape index (κ2) is 5.42. The molecule has 0 bridgehead atoms. The second-order valence-corrected chi connectivity index (χ2v) is 4.60. The average Bonchev–Trinajstić information content (AvgIpc) is 2.62. The Hall–Kier alpha value is -1.85. The van der Waals surface area contributed by atoms with Gasteiger partial charge in [-0.2, -0.15) is 0 Å². The summed E-state index contributed by atoms with van der Waals surface area (Å²) >= 11 is 5.89. The lowest BCUT2D eigenvalue weighted by Gasteiger charge is -2.14. The third kappa shape index (κ3) is 2.77. The highest BCUT2D eigenvalue weighted by Crippen LogP contribution is 2.23. The second-order valence-electron chi connectivity index (χ2n) is 4.16. The summed E-state index contributed by atoms with van der Waals surface area (Å²) in [5, 5.41) is 12.3. The number of carbonyl (C=O) groups is 2. The van der Waals surface area contributed by atoms with Gasteiger partial charge in [0.2, 0.25) is 0 Å². The zero-order valence-corrected chi connectivity index (χ0v) is 11.1. The molecule has 0 aliphatic carbocycles. The molecule has 0 aromatic heterocycles. The molecule has 5 nitrogen and oxygen atoms in total. The number of halogens is 1. The van der Waals surface area contributed by atoms with Crippen LogP contribution in [0.15, 0.2) is 30.0 Å². The van der Waals surface area contributed by atoms with Crippen LogP contribution in [-0.4, -0.2) is 35.0 Å². The van der Waals surface area contributed by atoms with Crippen molar-refractivity contribution >= 4 is 29.1 Å². The lowest BCUT2D eigenvalue weighted by atomic mass is 10.2. The lowest BCUT2D eigenvalue weighted by Crippen LogP contribution is -2.34. The molecular weight excluding hydrogens is 268 g/mol. The molecule has 1 aromatic rings. The number of aliphatic hydroxyl groups is 1. The highest BCUT2D eigenvalue weighted by Gasteiger charge is 2.30. The minimum absolute atomic E-state index is 0.00608. The fourth-order valence-electron chi connectivity index (χ4n) is 1.78. The quantitative estimate of drug-likeness (QED) is 0.816. The topological polar surface area (TPSA) is 69.6 Å². The van der Waals surface area contributed by atoms with Gasteiger partial charge in [-0.15, -0.1) is 0 Å². The molecule has 1 aliphatic rings. The van der Waals surface area contributed by atoms with Crippen LogP contribution in [0.4, 0.5) is 5.69 Å². The van der Waals surface area contributed by atoms with Crippen LogP contribution in [0.5, 0.6) is 0 Å². The van der Waals surface area contributed by atoms with Crippen LogP contribution in [0.2, 0.25) is 5.02 Å². The molecule has 0 saturated heterocycles. The molecule has 0 unspecified atom stereocenters. The van der Waals surface area contributed by atoms with Crippen LogP contribution in [0, 0.1) is 6.92 Å². The highest BCUT2D eigenvalue weighted by atomic mass is 35.5. The number of aliphatic hydroxyl groups excluding tert-OH is 1. The van der Waals surface area contributed by atoms with Crippen LogP contribution in [0.3, 0.4) is 0 Å². The number of hydrogen-bond acceptors (Lipinski definition) is 4. The number of hydrogen-bond donors (Lipinski definition) is 2. The smallest absolute Gasteiger partial charge is 0.277 e. The first kappa shape index (κ1) is 13.6. The van der Waals surface area contributed by atoms with Crippen LogP contribution >= 0.6 is 11.6 Å². The molecule has 0 atom stereocenters. The molecule has 2 amide bonds. The van der Waals surface area contributed by atoms with Gasteiger partial charge in [0, 0.05) is 16.8 Å². The monoisotopic (exact) mass is 280 g/mol. The Balaban J connectivity index is 2.20. The summed E-state index contributed by atoms with van der Waals surface area (Å²) in [5.74, 6) is -0.875. The molecule has 0 radical (unpaired) electrons. The third-order valence-electron chi connectivity index (χ3n) is 2.80. The van der Waals surface area contributed by atoms with Crippen LogP contribution in [0.25, 0.3) is 0 Å². The maximum atomic E-state index is 11.9. The van der Waals surface area contributed by atoms with Gasteiger partial charge in [-0.1, -0.05) is 17.7 Å². The molecule has 1 heterocycles. The number of benzene rings is 1. The minimum atomic E-state index is -0.446. The van der Waals surface area contributed by atoms with Crippen LogP contribution < -0.4 is 5.32 Å². The Morgan fingerprint density at radius 1 is 1.37 bits per heavy atom. The normalized spacial score (nSPS) is 14.9. The Kier molecular flexibility index (Phi) is 3.87. The number of aryl methyl sites for hydroxylation is 1. The van der Waals surface area contributed by atoms with Crippen LogP contribution in [-0.2, 0) is 9.59 Å². The standard InChI is InChI=1S/C13H13ClN2O3/c1-8-2-3-9(14)6-10(8)15-11-7-12(18)16(4-5-17)13(11)19/h2-3,6-7,15,17H,4-5H2,1H3. The SMILES string of the molecule is Cc1ccc(Cl)cc1NC1=CC(=O)N(CCO)C1=O. The molecule has 0 spiro atoms. The van der Waals surface area contributed by atoms with E-state index in [-0.39, 0.29) is 18.8 Å². The summed E-state index contributed by atoms with van der Waals surface area (Å²) in [5.41, 5.74) is 1.76. The minimum Gasteiger partial charge on any atom is -0.395 e. The Morgan fingerprint density at radius 2 is 2.11 bits per heavy atom. The summed E-state index contributed by atoms with van der Waals surface area (Å²) in [4.78, 5) is 24.5. The molecule has 2 N–H and O–H groups in total. The molecule has 0 saturated carbocycles. The van der Waals surface area contributed by atoms with E-state index in [1.165, 1.54) is 6.08 Å². The van der Waals surface area contributed by atoms with Crippen LogP contribution in [0.1, 0.15) is 5.56 Å². The predicted octanol–water partition coefficient (Wildman–Crippen LogP) is 1.31. The molecule has 6 heteroatoms. The molecule has 100 valence electrons. The maximum Gasteiger partial charge on any atom is 0.277 e. The number of nitrogens with one attached hydrogen (secondary N) is 1. The number of β-amino-alcohol motifs (C(OH)–C–C–N with tert-alkyl or cyclic N) is 1. The third-order valence-corrected chi connectivity index (χ3v) is 3.04. The summed E-state index contributed by atoms with van der Waals surface area (Å²) in [6.45, 7) is 1.61. The first-order valence-corrected chi connectivity index (χ1v) is 6.12. The van der Waals surface area contributed by atoms with E-state index in [4.69, 9.17) is 16.7 Å². The van der Waals surface area contributed by atoms with Crippen molar-refractivity contribution in [2.45, 2.75) is 6.92 Å². The number of amides is 2. The van der Waals surface area contributed by atoms with Gasteiger partial charge in [0.05, 0.1) is 13.2 Å². The Morgan fingerprint density at radius 3 is 2.79 bits per heavy atom. The number of rotatable bonds is 4. The molecule has 1 aliphatic heterocycles. The van der Waals surface area contributed by atoms with Crippen molar-refractivity contribution in [3.63, 3.8) is 0 Å². The fraction of sp³-hybridized carbons (Fsp3) is 0.231. The molecule has 0 fully saturated rings. The van der Waals surface area contributed by atoms with Gasteiger partial charge >= 0.3 is 0 Å². The van der Waals surface area contributed by atoms with Crippen molar-refractivity contribution in [1.82, 2.24) is 4.90 Å². The van der Waals surface area contributed by atoms with E-state index in [1.807, 2.05) is 13.0 Å². The predicted molar refractivity (Wildman–Crippen MR) is 71.7 cm³/mol. The largest absolute Gasteiger partial charge is 0.395 e. The molecular formula is C13H13ClN2O3. The van der Waals surface area contributed by atoms with Crippen molar-refractivity contribution < 1.29 is 14.7 Å². The van der Waals surface area contributed by atoms with Gasteiger partial charge in [-0.25, -0.2) is 0 Å². The van der Waals surface area contributed by atoms with Gasteiger partial charge in [-0.05, 0) is 24.6 Å². The zero-order valence-electron chi connectivity index (χ0n) is 10.3. The summed E-state index contributed by atoms with van der Waals surface area (Å²) < 4.78 is 0. The van der Waals surface area contributed by atoms with Gasteiger partial charge in [0.25, 0.3) is 11.8 Å². The van der Waals surface area contributed by atoms with Crippen molar-refractivity contribution in [2.24, 2.45) is 0 Å². The maximum absolute atomic E-state index is 11.9. The highest BCUT2D eigenvalue weighted by molar-refractivity contribution is 6.31. The van der Waals surface area contributed by atoms with E-state index in [2.05, 4.69) is 5.32 Å². The van der Waals surface area contributed by atoms with E-state index in [0.29, 0.717) is 10.7 Å². The van der Waals surface area contributed by atoms with E-state index in [9.17, 15) is 9.59 Å². The fourth-order valence-corrected chi connectivity index (χ4v) is 1.96. The van der Waals surface area contributed by atoms with Gasteiger partial charge in [0.15, 0.2) is 0 Å². The molecule has 2 rings (SSSR count). The summed E-state index contributed by atoms with van der Waals surface area (Å²) in [6, 6.07) is 5.25. The summed E-state index contributed by atoms with van der Waals surface area (Å²) in [7, 11) is 0. The van der Waals surface area contributed by atoms with Crippen molar-refractivity contribution in [3.05, 3.63) is 40.6 Å². The van der Waals surface area contributed by atoms with Gasteiger partial charge in [0.1, 0.15) is 5.70 Å². The van der Waals surface area contributed by atoms with Gasteiger partial charge in [-0.3, -0.25) is 14.5 Å². The zero-order chi connectivity index (χ0) is 14.0. The number of imide groups is 1. The van der Waals surface area contributed by atoms with Crippen molar-refractivity contribution in [1.29, 1.82) is 0 Å². The van der Waals surface area contributed by atoms with Gasteiger partial charge < -0.3 is 10.4 Å². The molecule has 19 heavy (non-hydrogen) atoms. The average molecular weight is 281 g/mol. The van der Waals surface area contributed by atoms with E-state index in [0.717, 1.165) is 10.5 Å². The van der Waals surface area contributed by atoms with E-state index in [1.54, 1.807) is 12.1 Å². The summed E-state index contributed by atoms with van der Waals surface area (Å²) in [6.07, 6.45) is 1.22. The van der Waals surface area contributed by atoms with Crippen molar-refractivity contribution in [2.75, 3.05) is 18.5 Å². The first-order chi connectivity index (χ1) is 9.02. The Labute approximate surface area is 115 Å². The van der Waals surface area contributed by atoms with E-state index < -0.39 is 11.8 Å². The number of carbonyl (C=O) groups excluding carboxylic acids is 2. The Bertz CT molecular complexity index is 569. The lowest BCUT2D eigenvalue weighted by molar-refractivity contribution is -0.137. The number of nitrogens with zero attached hydrogens (tertiary/aromatic N) is 1. The van der Waals surface area contributed by atoms with Crippen molar-refractivity contribution in [3.8, 4) is 0 Å². The van der Waals surface area contributed by atoms with E-state index >= 15 is 0 Å².